The molecule has 0 bridgehead atoms. The van der Waals surface area contributed by atoms with Crippen molar-refractivity contribution in [2.45, 2.75) is 19.8 Å². The van der Waals surface area contributed by atoms with E-state index in [-0.39, 0.29) is 6.79 Å². The van der Waals surface area contributed by atoms with E-state index in [0.29, 0.717) is 13.2 Å². The first-order valence-corrected chi connectivity index (χ1v) is 6.59. The van der Waals surface area contributed by atoms with E-state index in [1.165, 1.54) is 0 Å². The van der Waals surface area contributed by atoms with Gasteiger partial charge in [0.2, 0.25) is 6.79 Å². The molecule has 1 aromatic carbocycles. The molecule has 0 saturated heterocycles. The fraction of sp³-hybridized carbons (Fsp3) is 0.467. The van der Waals surface area contributed by atoms with E-state index in [0.717, 1.165) is 42.3 Å². The van der Waals surface area contributed by atoms with E-state index >= 15 is 0 Å². The minimum absolute atomic E-state index is 0.270. The lowest BCUT2D eigenvalue weighted by molar-refractivity contribution is 0.100. The average molecular weight is 264 g/mol. The second-order valence-electron chi connectivity index (χ2n) is 4.27. The lowest BCUT2D eigenvalue weighted by Crippen LogP contribution is -2.08. The van der Waals surface area contributed by atoms with E-state index in [4.69, 9.17) is 18.9 Å². The van der Waals surface area contributed by atoms with Gasteiger partial charge in [-0.1, -0.05) is 13.0 Å². The van der Waals surface area contributed by atoms with Crippen LogP contribution in [0, 0.1) is 0 Å². The molecule has 1 aliphatic heterocycles. The Morgan fingerprint density at radius 3 is 2.74 bits per heavy atom. The number of ether oxygens (including phenoxy) is 4. The zero-order valence-electron chi connectivity index (χ0n) is 11.3. The summed E-state index contributed by atoms with van der Waals surface area (Å²) in [7, 11) is 0. The first-order chi connectivity index (χ1) is 9.35. The van der Waals surface area contributed by atoms with Gasteiger partial charge in [0.05, 0.1) is 6.61 Å². The predicted octanol–water partition coefficient (Wildman–Crippen LogP) is 2.95. The molecule has 0 unspecified atom stereocenters. The van der Waals surface area contributed by atoms with Crippen molar-refractivity contribution < 1.29 is 18.9 Å². The lowest BCUT2D eigenvalue weighted by atomic mass is 10.1. The molecular formula is C15H20O4. The quantitative estimate of drug-likeness (QED) is 0.534. The van der Waals surface area contributed by atoms with E-state index in [9.17, 15) is 0 Å². The molecule has 4 nitrogen and oxygen atoms in total. The van der Waals surface area contributed by atoms with Crippen LogP contribution in [0.25, 0.3) is 0 Å². The summed E-state index contributed by atoms with van der Waals surface area (Å²) in [6, 6.07) is 3.83. The summed E-state index contributed by atoms with van der Waals surface area (Å²) < 4.78 is 21.9. The summed E-state index contributed by atoms with van der Waals surface area (Å²) in [4.78, 5) is 0. The summed E-state index contributed by atoms with van der Waals surface area (Å²) >= 11 is 0. The molecule has 0 radical (unpaired) electrons. The van der Waals surface area contributed by atoms with E-state index in [1.807, 2.05) is 18.2 Å². The maximum atomic E-state index is 5.75. The van der Waals surface area contributed by atoms with Crippen LogP contribution < -0.4 is 14.2 Å². The topological polar surface area (TPSA) is 36.9 Å². The third-order valence-corrected chi connectivity index (χ3v) is 2.75. The van der Waals surface area contributed by atoms with Crippen LogP contribution in [0.1, 0.15) is 18.9 Å². The monoisotopic (exact) mass is 264 g/mol. The third kappa shape index (κ3) is 3.64. The second-order valence-corrected chi connectivity index (χ2v) is 4.27. The second kappa shape index (κ2) is 7.04. The summed E-state index contributed by atoms with van der Waals surface area (Å²) in [5, 5.41) is 0. The van der Waals surface area contributed by atoms with Crippen molar-refractivity contribution in [1.82, 2.24) is 0 Å². The number of allylic oxidation sites excluding steroid dienone is 1. The Morgan fingerprint density at radius 2 is 2.00 bits per heavy atom. The van der Waals surface area contributed by atoms with Gasteiger partial charge in [-0.25, -0.2) is 0 Å². The van der Waals surface area contributed by atoms with Gasteiger partial charge in [-0.2, -0.15) is 0 Å². The van der Waals surface area contributed by atoms with Crippen LogP contribution in [-0.4, -0.2) is 26.6 Å². The van der Waals surface area contributed by atoms with Gasteiger partial charge in [-0.05, 0) is 18.9 Å². The smallest absolute Gasteiger partial charge is 0.231 e. The maximum Gasteiger partial charge on any atom is 0.231 e. The molecule has 0 amide bonds. The van der Waals surface area contributed by atoms with Crippen molar-refractivity contribution in [3.63, 3.8) is 0 Å². The summed E-state index contributed by atoms with van der Waals surface area (Å²) in [6.07, 6.45) is 3.60. The molecule has 0 atom stereocenters. The van der Waals surface area contributed by atoms with E-state index in [1.54, 1.807) is 0 Å². The van der Waals surface area contributed by atoms with Crippen molar-refractivity contribution in [2.24, 2.45) is 0 Å². The SMILES string of the molecule is C=CCc1cc2c(cc1OCCOCCC)OCO2. The van der Waals surface area contributed by atoms with Crippen LogP contribution in [0.5, 0.6) is 17.2 Å². The molecule has 4 heteroatoms. The van der Waals surface area contributed by atoms with Crippen molar-refractivity contribution >= 4 is 0 Å². The van der Waals surface area contributed by atoms with Crippen LogP contribution in [0.15, 0.2) is 24.8 Å². The molecule has 0 aliphatic carbocycles. The van der Waals surface area contributed by atoms with Crippen LogP contribution in [0.2, 0.25) is 0 Å². The Bertz CT molecular complexity index is 428. The molecule has 2 rings (SSSR count). The molecule has 0 spiro atoms. The Labute approximate surface area is 113 Å². The van der Waals surface area contributed by atoms with Crippen LogP contribution >= 0.6 is 0 Å². The normalized spacial score (nSPS) is 12.5. The molecule has 1 aromatic rings. The Kier molecular flexibility index (Phi) is 5.10. The molecule has 19 heavy (non-hydrogen) atoms. The highest BCUT2D eigenvalue weighted by Crippen LogP contribution is 2.38. The van der Waals surface area contributed by atoms with Gasteiger partial charge in [0.15, 0.2) is 11.5 Å². The minimum Gasteiger partial charge on any atom is -0.491 e. The standard InChI is InChI=1S/C15H20O4/c1-3-5-12-9-14-15(19-11-18-14)10-13(12)17-8-7-16-6-4-2/h3,9-10H,1,4-8,11H2,2H3. The Hall–Kier alpha value is -1.68. The van der Waals surface area contributed by atoms with Gasteiger partial charge >= 0.3 is 0 Å². The molecule has 1 heterocycles. The fourth-order valence-corrected chi connectivity index (χ4v) is 1.87. The van der Waals surface area contributed by atoms with Crippen molar-refractivity contribution in [3.8, 4) is 17.2 Å². The highest BCUT2D eigenvalue weighted by molar-refractivity contribution is 5.52. The number of fused-ring (bicyclic) bond motifs is 1. The van der Waals surface area contributed by atoms with Gasteiger partial charge in [0, 0.05) is 18.2 Å². The van der Waals surface area contributed by atoms with Crippen LogP contribution in [0.4, 0.5) is 0 Å². The molecule has 0 aromatic heterocycles. The number of hydrogen-bond donors (Lipinski definition) is 0. The van der Waals surface area contributed by atoms with E-state index in [2.05, 4.69) is 13.5 Å². The first kappa shape index (κ1) is 13.7. The summed E-state index contributed by atoms with van der Waals surface area (Å²) in [5.74, 6) is 2.31. The molecule has 0 saturated carbocycles. The van der Waals surface area contributed by atoms with Gasteiger partial charge in [-0.15, -0.1) is 6.58 Å². The van der Waals surface area contributed by atoms with Gasteiger partial charge in [-0.3, -0.25) is 0 Å². The van der Waals surface area contributed by atoms with Crippen molar-refractivity contribution in [1.29, 1.82) is 0 Å². The molecular weight excluding hydrogens is 244 g/mol. The molecule has 1 aliphatic rings. The summed E-state index contributed by atoms with van der Waals surface area (Å²) in [6.45, 7) is 8.01. The van der Waals surface area contributed by atoms with E-state index < -0.39 is 0 Å². The van der Waals surface area contributed by atoms with Gasteiger partial charge < -0.3 is 18.9 Å². The number of rotatable bonds is 8. The highest BCUT2D eigenvalue weighted by atomic mass is 16.7. The highest BCUT2D eigenvalue weighted by Gasteiger charge is 2.17. The molecule has 104 valence electrons. The van der Waals surface area contributed by atoms with Gasteiger partial charge in [0.25, 0.3) is 0 Å². The van der Waals surface area contributed by atoms with Crippen molar-refractivity contribution in [3.05, 3.63) is 30.4 Å². The average Bonchev–Trinajstić information content (AvgIpc) is 2.86. The Morgan fingerprint density at radius 1 is 1.21 bits per heavy atom. The van der Waals surface area contributed by atoms with Crippen molar-refractivity contribution in [2.75, 3.05) is 26.6 Å². The first-order valence-electron chi connectivity index (χ1n) is 6.59. The van der Waals surface area contributed by atoms with Gasteiger partial charge in [0.1, 0.15) is 12.4 Å². The number of benzene rings is 1. The summed E-state index contributed by atoms with van der Waals surface area (Å²) in [5.41, 5.74) is 1.05. The van der Waals surface area contributed by atoms with Crippen LogP contribution in [-0.2, 0) is 11.2 Å². The minimum atomic E-state index is 0.270. The largest absolute Gasteiger partial charge is 0.491 e. The maximum absolute atomic E-state index is 5.75. The third-order valence-electron chi connectivity index (χ3n) is 2.75. The molecule has 0 N–H and O–H groups in total. The lowest BCUT2D eigenvalue weighted by Gasteiger charge is -2.11. The zero-order chi connectivity index (χ0) is 13.5. The molecule has 0 fully saturated rings. The zero-order valence-corrected chi connectivity index (χ0v) is 11.3. The number of hydrogen-bond acceptors (Lipinski definition) is 4. The van der Waals surface area contributed by atoms with Crippen LogP contribution in [0.3, 0.4) is 0 Å². The predicted molar refractivity (Wildman–Crippen MR) is 73.1 cm³/mol. The fourth-order valence-electron chi connectivity index (χ4n) is 1.87. The Balaban J connectivity index is 1.99.